The van der Waals surface area contributed by atoms with E-state index in [1.54, 1.807) is 24.3 Å². The van der Waals surface area contributed by atoms with Crippen LogP contribution in [0.1, 0.15) is 11.1 Å². The van der Waals surface area contributed by atoms with Crippen molar-refractivity contribution in [1.82, 2.24) is 10.7 Å². The minimum Gasteiger partial charge on any atom is -0.484 e. The lowest BCUT2D eigenvalue weighted by Gasteiger charge is -2.04. The van der Waals surface area contributed by atoms with Crippen LogP contribution in [-0.2, 0) is 20.9 Å². The average Bonchev–Trinajstić information content (AvgIpc) is 2.66. The topological polar surface area (TPSA) is 123 Å². The van der Waals surface area contributed by atoms with Crippen molar-refractivity contribution in [2.24, 2.45) is 10.8 Å². The van der Waals surface area contributed by atoms with Crippen molar-refractivity contribution in [3.8, 4) is 5.75 Å². The number of amides is 3. The minimum atomic E-state index is -0.862. The summed E-state index contributed by atoms with van der Waals surface area (Å²) in [5, 5.41) is 6.22. The summed E-state index contributed by atoms with van der Waals surface area (Å²) in [7, 11) is 0. The van der Waals surface area contributed by atoms with Gasteiger partial charge in [-0.2, -0.15) is 5.10 Å². The van der Waals surface area contributed by atoms with E-state index in [1.807, 2.05) is 30.3 Å². The highest BCUT2D eigenvalue weighted by Crippen LogP contribution is 2.10. The molecule has 8 heteroatoms. The van der Waals surface area contributed by atoms with Gasteiger partial charge in [0.25, 0.3) is 5.91 Å². The molecule has 0 fully saturated rings. The van der Waals surface area contributed by atoms with Gasteiger partial charge >= 0.3 is 11.8 Å². The highest BCUT2D eigenvalue weighted by molar-refractivity contribution is 6.35. The SMILES string of the molecule is NC(=O)COc1ccc(/C=N/NC(=O)C(=O)NCc2ccccc2)cc1. The second-order valence-electron chi connectivity index (χ2n) is 5.19. The van der Waals surface area contributed by atoms with E-state index in [2.05, 4.69) is 15.8 Å². The second-order valence-corrected chi connectivity index (χ2v) is 5.19. The molecule has 0 aromatic heterocycles. The molecule has 8 nitrogen and oxygen atoms in total. The summed E-state index contributed by atoms with van der Waals surface area (Å²) in [5.41, 5.74) is 8.69. The van der Waals surface area contributed by atoms with Gasteiger partial charge in [0, 0.05) is 6.54 Å². The highest BCUT2D eigenvalue weighted by Gasteiger charge is 2.11. The molecular weight excluding hydrogens is 336 g/mol. The van der Waals surface area contributed by atoms with Crippen molar-refractivity contribution >= 4 is 23.9 Å². The third kappa shape index (κ3) is 6.44. The Bertz CT molecular complexity index is 789. The molecule has 0 aliphatic carbocycles. The molecule has 2 aromatic rings. The van der Waals surface area contributed by atoms with Crippen molar-refractivity contribution in [2.45, 2.75) is 6.54 Å². The molecule has 2 rings (SSSR count). The summed E-state index contributed by atoms with van der Waals surface area (Å²) in [5.74, 6) is -1.73. The number of ether oxygens (including phenoxy) is 1. The van der Waals surface area contributed by atoms with E-state index in [0.29, 0.717) is 11.3 Å². The largest absolute Gasteiger partial charge is 0.484 e. The summed E-state index contributed by atoms with van der Waals surface area (Å²) in [6.07, 6.45) is 1.38. The fraction of sp³-hybridized carbons (Fsp3) is 0.111. The van der Waals surface area contributed by atoms with Gasteiger partial charge in [0.05, 0.1) is 6.21 Å². The highest BCUT2D eigenvalue weighted by atomic mass is 16.5. The Balaban J connectivity index is 1.77. The van der Waals surface area contributed by atoms with E-state index in [9.17, 15) is 14.4 Å². The molecular formula is C18H18N4O4. The first-order valence-corrected chi connectivity index (χ1v) is 7.71. The molecule has 0 atom stereocenters. The average molecular weight is 354 g/mol. The predicted molar refractivity (Wildman–Crippen MR) is 95.2 cm³/mol. The Morgan fingerprint density at radius 2 is 1.69 bits per heavy atom. The molecule has 134 valence electrons. The fourth-order valence-corrected chi connectivity index (χ4v) is 1.88. The summed E-state index contributed by atoms with van der Waals surface area (Å²) in [6.45, 7) is 0.0468. The Morgan fingerprint density at radius 1 is 1.00 bits per heavy atom. The molecule has 4 N–H and O–H groups in total. The summed E-state index contributed by atoms with van der Waals surface area (Å²) < 4.78 is 5.12. The second kappa shape index (κ2) is 9.58. The van der Waals surface area contributed by atoms with E-state index < -0.39 is 17.7 Å². The fourth-order valence-electron chi connectivity index (χ4n) is 1.88. The number of hydrogen-bond donors (Lipinski definition) is 3. The van der Waals surface area contributed by atoms with Crippen LogP contribution >= 0.6 is 0 Å². The first-order chi connectivity index (χ1) is 12.5. The first kappa shape index (κ1) is 18.7. The maximum Gasteiger partial charge on any atom is 0.329 e. The Kier molecular flexibility index (Phi) is 6.87. The first-order valence-electron chi connectivity index (χ1n) is 7.71. The molecule has 0 heterocycles. The van der Waals surface area contributed by atoms with Gasteiger partial charge in [0.2, 0.25) is 0 Å². The third-order valence-corrected chi connectivity index (χ3v) is 3.14. The van der Waals surface area contributed by atoms with Gasteiger partial charge in [0.15, 0.2) is 6.61 Å². The van der Waals surface area contributed by atoms with E-state index in [4.69, 9.17) is 10.5 Å². The predicted octanol–water partition coefficient (Wildman–Crippen LogP) is 0.317. The molecule has 0 saturated heterocycles. The van der Waals surface area contributed by atoms with Crippen LogP contribution in [0, 0.1) is 0 Å². The maximum absolute atomic E-state index is 11.7. The number of nitrogens with two attached hydrogens (primary N) is 1. The van der Waals surface area contributed by atoms with Crippen LogP contribution in [0.4, 0.5) is 0 Å². The molecule has 0 unspecified atom stereocenters. The summed E-state index contributed by atoms with van der Waals surface area (Å²) in [4.78, 5) is 34.0. The summed E-state index contributed by atoms with van der Waals surface area (Å²) in [6, 6.07) is 15.8. The zero-order chi connectivity index (χ0) is 18.8. The molecule has 0 radical (unpaired) electrons. The van der Waals surface area contributed by atoms with Crippen LogP contribution in [0.5, 0.6) is 5.75 Å². The Hall–Kier alpha value is -3.68. The lowest BCUT2D eigenvalue weighted by atomic mass is 10.2. The third-order valence-electron chi connectivity index (χ3n) is 3.14. The van der Waals surface area contributed by atoms with E-state index >= 15 is 0 Å². The van der Waals surface area contributed by atoms with Gasteiger partial charge in [-0.15, -0.1) is 0 Å². The number of nitrogens with one attached hydrogen (secondary N) is 2. The molecule has 0 saturated carbocycles. The minimum absolute atomic E-state index is 0.207. The smallest absolute Gasteiger partial charge is 0.329 e. The van der Waals surface area contributed by atoms with Crippen molar-refractivity contribution in [3.63, 3.8) is 0 Å². The van der Waals surface area contributed by atoms with Crippen LogP contribution in [0.3, 0.4) is 0 Å². The van der Waals surface area contributed by atoms with Crippen LogP contribution in [0.25, 0.3) is 0 Å². The molecule has 26 heavy (non-hydrogen) atoms. The summed E-state index contributed by atoms with van der Waals surface area (Å²) >= 11 is 0. The number of nitrogens with zero attached hydrogens (tertiary/aromatic N) is 1. The van der Waals surface area contributed by atoms with Gasteiger partial charge < -0.3 is 15.8 Å². The number of rotatable bonds is 7. The normalized spacial score (nSPS) is 10.3. The zero-order valence-electron chi connectivity index (χ0n) is 13.8. The zero-order valence-corrected chi connectivity index (χ0v) is 13.8. The number of benzene rings is 2. The Labute approximate surface area is 150 Å². The number of hydrogen-bond acceptors (Lipinski definition) is 5. The lowest BCUT2D eigenvalue weighted by molar-refractivity contribution is -0.139. The molecule has 2 aromatic carbocycles. The monoisotopic (exact) mass is 354 g/mol. The van der Waals surface area contributed by atoms with Gasteiger partial charge in [-0.1, -0.05) is 30.3 Å². The lowest BCUT2D eigenvalue weighted by Crippen LogP contribution is -2.37. The van der Waals surface area contributed by atoms with Crippen molar-refractivity contribution in [1.29, 1.82) is 0 Å². The van der Waals surface area contributed by atoms with Gasteiger partial charge in [-0.25, -0.2) is 5.43 Å². The van der Waals surface area contributed by atoms with Crippen LogP contribution in [0.2, 0.25) is 0 Å². The number of primary amides is 1. The number of hydrazone groups is 1. The van der Waals surface area contributed by atoms with Crippen LogP contribution in [0.15, 0.2) is 59.7 Å². The van der Waals surface area contributed by atoms with Crippen LogP contribution < -0.4 is 21.2 Å². The molecule has 0 aliphatic rings. The number of carbonyl (C=O) groups excluding carboxylic acids is 3. The number of carbonyl (C=O) groups is 3. The van der Waals surface area contributed by atoms with E-state index in [0.717, 1.165) is 5.56 Å². The molecule has 0 aliphatic heterocycles. The van der Waals surface area contributed by atoms with Crippen molar-refractivity contribution < 1.29 is 19.1 Å². The van der Waals surface area contributed by atoms with E-state index in [1.165, 1.54) is 6.21 Å². The van der Waals surface area contributed by atoms with Crippen molar-refractivity contribution in [2.75, 3.05) is 6.61 Å². The van der Waals surface area contributed by atoms with Gasteiger partial charge in [-0.3, -0.25) is 14.4 Å². The molecule has 3 amide bonds. The standard InChI is InChI=1S/C18H18N4O4/c19-16(23)12-26-15-8-6-14(7-9-15)11-21-22-18(25)17(24)20-10-13-4-2-1-3-5-13/h1-9,11H,10,12H2,(H2,19,23)(H,20,24)(H,22,25)/b21-11+. The van der Waals surface area contributed by atoms with Gasteiger partial charge in [-0.05, 0) is 35.4 Å². The van der Waals surface area contributed by atoms with Gasteiger partial charge in [0.1, 0.15) is 5.75 Å². The molecule has 0 bridgehead atoms. The van der Waals surface area contributed by atoms with Crippen molar-refractivity contribution in [3.05, 3.63) is 65.7 Å². The van der Waals surface area contributed by atoms with Crippen LogP contribution in [-0.4, -0.2) is 30.5 Å². The van der Waals surface area contributed by atoms with E-state index in [-0.39, 0.29) is 13.2 Å². The quantitative estimate of drug-likeness (QED) is 0.376. The molecule has 0 spiro atoms. The Morgan fingerprint density at radius 3 is 2.35 bits per heavy atom. The maximum atomic E-state index is 11.7.